The van der Waals surface area contributed by atoms with Crippen LogP contribution in [0.3, 0.4) is 0 Å². The quantitative estimate of drug-likeness (QED) is 0.178. The summed E-state index contributed by atoms with van der Waals surface area (Å²) < 4.78 is 0. The lowest BCUT2D eigenvalue weighted by Gasteiger charge is -2.25. The number of fused-ring (bicyclic) bond motifs is 1. The van der Waals surface area contributed by atoms with Gasteiger partial charge in [0.05, 0.1) is 6.04 Å². The standard InChI is InChI=1S/C27H38N6O6/c1-15(2)12-22(27(38)39)33-25(36)20(9-10-23(28)34)31-26(37)21(32-24(35)19-8-5-11-29-19)13-16-14-30-18-7-4-3-6-17(16)18/h3-4,6-7,14-15,19-22,29-30H,5,8-13H2,1-2H3,(H2,28,34)(H,31,37)(H,32,35)(H,33,36)(H,38,39). The maximum Gasteiger partial charge on any atom is 0.326 e. The van der Waals surface area contributed by atoms with Crippen molar-refractivity contribution in [3.05, 3.63) is 36.0 Å². The number of benzene rings is 1. The molecule has 2 heterocycles. The second kappa shape index (κ2) is 13.7. The molecule has 4 atom stereocenters. The largest absolute Gasteiger partial charge is 0.480 e. The summed E-state index contributed by atoms with van der Waals surface area (Å²) in [5, 5.41) is 21.4. The minimum Gasteiger partial charge on any atom is -0.480 e. The summed E-state index contributed by atoms with van der Waals surface area (Å²) in [7, 11) is 0. The number of primary amides is 1. The molecule has 212 valence electrons. The molecule has 1 aromatic heterocycles. The number of nitrogens with one attached hydrogen (secondary N) is 5. The molecule has 12 heteroatoms. The topological polar surface area (TPSA) is 196 Å². The third-order valence-electron chi connectivity index (χ3n) is 6.74. The van der Waals surface area contributed by atoms with Crippen molar-refractivity contribution in [1.29, 1.82) is 0 Å². The SMILES string of the molecule is CC(C)CC(NC(=O)C(CCC(N)=O)NC(=O)C(Cc1c[nH]c2ccccc12)NC(=O)C1CCCN1)C(=O)O. The fraction of sp³-hybridized carbons (Fsp3) is 0.519. The number of H-pyrrole nitrogens is 1. The lowest BCUT2D eigenvalue weighted by Crippen LogP contribution is -2.57. The smallest absolute Gasteiger partial charge is 0.326 e. The van der Waals surface area contributed by atoms with Gasteiger partial charge < -0.3 is 37.1 Å². The van der Waals surface area contributed by atoms with Gasteiger partial charge in [-0.15, -0.1) is 0 Å². The Balaban J connectivity index is 1.82. The summed E-state index contributed by atoms with van der Waals surface area (Å²) in [6.07, 6.45) is 3.25. The molecule has 0 aliphatic carbocycles. The maximum absolute atomic E-state index is 13.5. The molecule has 4 amide bonds. The van der Waals surface area contributed by atoms with Gasteiger partial charge in [0.2, 0.25) is 23.6 Å². The van der Waals surface area contributed by atoms with E-state index in [1.54, 1.807) is 6.20 Å². The Bertz CT molecular complexity index is 1190. The van der Waals surface area contributed by atoms with E-state index in [4.69, 9.17) is 5.73 Å². The summed E-state index contributed by atoms with van der Waals surface area (Å²) in [5.41, 5.74) is 6.95. The highest BCUT2D eigenvalue weighted by Crippen LogP contribution is 2.20. The van der Waals surface area contributed by atoms with Crippen molar-refractivity contribution < 1.29 is 29.1 Å². The van der Waals surface area contributed by atoms with Gasteiger partial charge in [-0.05, 0) is 49.8 Å². The van der Waals surface area contributed by atoms with E-state index in [1.165, 1.54) is 0 Å². The summed E-state index contributed by atoms with van der Waals surface area (Å²) in [4.78, 5) is 65.9. The molecule has 1 aliphatic rings. The van der Waals surface area contributed by atoms with E-state index in [2.05, 4.69) is 26.3 Å². The van der Waals surface area contributed by atoms with Crippen LogP contribution in [-0.4, -0.2) is 70.4 Å². The first-order chi connectivity index (χ1) is 18.5. The molecule has 39 heavy (non-hydrogen) atoms. The average Bonchev–Trinajstić information content (AvgIpc) is 3.56. The van der Waals surface area contributed by atoms with E-state index in [0.29, 0.717) is 13.0 Å². The van der Waals surface area contributed by atoms with E-state index in [0.717, 1.165) is 22.9 Å². The number of carbonyl (C=O) groups is 5. The Labute approximate surface area is 226 Å². The molecule has 1 fully saturated rings. The van der Waals surface area contributed by atoms with Gasteiger partial charge in [-0.1, -0.05) is 32.0 Å². The zero-order valence-electron chi connectivity index (χ0n) is 22.3. The van der Waals surface area contributed by atoms with Crippen molar-refractivity contribution in [3.63, 3.8) is 0 Å². The van der Waals surface area contributed by atoms with Crippen molar-refractivity contribution >= 4 is 40.5 Å². The number of aromatic nitrogens is 1. The van der Waals surface area contributed by atoms with E-state index < -0.39 is 47.9 Å². The van der Waals surface area contributed by atoms with Crippen LogP contribution in [0, 0.1) is 5.92 Å². The normalized spacial score (nSPS) is 17.4. The predicted octanol–water partition coefficient (Wildman–Crippen LogP) is 0.313. The van der Waals surface area contributed by atoms with Gasteiger partial charge in [-0.3, -0.25) is 19.2 Å². The first kappa shape index (κ1) is 29.6. The molecule has 12 nitrogen and oxygen atoms in total. The molecule has 8 N–H and O–H groups in total. The summed E-state index contributed by atoms with van der Waals surface area (Å²) in [6, 6.07) is 3.70. The number of rotatable bonds is 14. The fourth-order valence-corrected chi connectivity index (χ4v) is 4.70. The summed E-state index contributed by atoms with van der Waals surface area (Å²) in [6.45, 7) is 4.35. The molecule has 0 bridgehead atoms. The minimum atomic E-state index is -1.23. The van der Waals surface area contributed by atoms with Crippen LogP contribution in [-0.2, 0) is 30.4 Å². The van der Waals surface area contributed by atoms with Gasteiger partial charge in [-0.25, -0.2) is 4.79 Å². The van der Waals surface area contributed by atoms with Crippen molar-refractivity contribution in [2.45, 2.75) is 76.5 Å². The monoisotopic (exact) mass is 542 g/mol. The molecule has 2 aromatic rings. The van der Waals surface area contributed by atoms with Gasteiger partial charge in [0.1, 0.15) is 18.1 Å². The Hall–Kier alpha value is -3.93. The number of carboxylic acids is 1. The highest BCUT2D eigenvalue weighted by molar-refractivity contribution is 5.95. The van der Waals surface area contributed by atoms with Crippen molar-refractivity contribution in [2.24, 2.45) is 11.7 Å². The van der Waals surface area contributed by atoms with Crippen LogP contribution in [0.1, 0.15) is 51.5 Å². The molecule has 0 saturated carbocycles. The highest BCUT2D eigenvalue weighted by Gasteiger charge is 2.32. The molecule has 4 unspecified atom stereocenters. The van der Waals surface area contributed by atoms with E-state index in [-0.39, 0.29) is 37.5 Å². The van der Waals surface area contributed by atoms with Gasteiger partial charge in [0.15, 0.2) is 0 Å². The highest BCUT2D eigenvalue weighted by atomic mass is 16.4. The summed E-state index contributed by atoms with van der Waals surface area (Å²) >= 11 is 0. The van der Waals surface area contributed by atoms with Crippen LogP contribution < -0.4 is 27.0 Å². The molecule has 0 radical (unpaired) electrons. The van der Waals surface area contributed by atoms with E-state index in [1.807, 2.05) is 38.1 Å². The third-order valence-corrected chi connectivity index (χ3v) is 6.74. The minimum absolute atomic E-state index is 0.00924. The van der Waals surface area contributed by atoms with Crippen LogP contribution in [0.4, 0.5) is 0 Å². The second-order valence-corrected chi connectivity index (χ2v) is 10.4. The second-order valence-electron chi connectivity index (χ2n) is 10.4. The molecular formula is C27H38N6O6. The van der Waals surface area contributed by atoms with Crippen LogP contribution in [0.15, 0.2) is 30.5 Å². The number of carboxylic acid groups (broad SMARTS) is 1. The lowest BCUT2D eigenvalue weighted by atomic mass is 10.0. The average molecular weight is 543 g/mol. The number of carbonyl (C=O) groups excluding carboxylic acids is 4. The lowest BCUT2D eigenvalue weighted by molar-refractivity contribution is -0.143. The first-order valence-corrected chi connectivity index (χ1v) is 13.3. The molecule has 1 aliphatic heterocycles. The molecule has 0 spiro atoms. The van der Waals surface area contributed by atoms with E-state index >= 15 is 0 Å². The summed E-state index contributed by atoms with van der Waals surface area (Å²) in [5.74, 6) is -3.58. The maximum atomic E-state index is 13.5. The number of para-hydroxylation sites is 1. The number of hydrogen-bond donors (Lipinski definition) is 7. The number of nitrogens with two attached hydrogens (primary N) is 1. The zero-order chi connectivity index (χ0) is 28.5. The number of aliphatic carboxylic acids is 1. The van der Waals surface area contributed by atoms with Gasteiger partial charge in [0, 0.05) is 29.9 Å². The number of aromatic amines is 1. The van der Waals surface area contributed by atoms with Crippen LogP contribution in [0.5, 0.6) is 0 Å². The van der Waals surface area contributed by atoms with Crippen LogP contribution in [0.25, 0.3) is 10.9 Å². The third kappa shape index (κ3) is 8.54. The molecule has 3 rings (SSSR count). The predicted molar refractivity (Wildman–Crippen MR) is 144 cm³/mol. The van der Waals surface area contributed by atoms with Crippen LogP contribution >= 0.6 is 0 Å². The van der Waals surface area contributed by atoms with Crippen LogP contribution in [0.2, 0.25) is 0 Å². The van der Waals surface area contributed by atoms with Gasteiger partial charge in [-0.2, -0.15) is 0 Å². The Morgan fingerprint density at radius 1 is 1.03 bits per heavy atom. The Kier molecular flexibility index (Phi) is 10.4. The van der Waals surface area contributed by atoms with Gasteiger partial charge in [0.25, 0.3) is 0 Å². The Morgan fingerprint density at radius 2 is 1.72 bits per heavy atom. The number of amides is 4. The van der Waals surface area contributed by atoms with E-state index in [9.17, 15) is 29.1 Å². The molecule has 1 saturated heterocycles. The van der Waals surface area contributed by atoms with Crippen molar-refractivity contribution in [2.75, 3.05) is 6.54 Å². The zero-order valence-corrected chi connectivity index (χ0v) is 22.3. The molecular weight excluding hydrogens is 504 g/mol. The van der Waals surface area contributed by atoms with Crippen molar-refractivity contribution in [3.8, 4) is 0 Å². The number of hydrogen-bond acceptors (Lipinski definition) is 6. The fourth-order valence-electron chi connectivity index (χ4n) is 4.70. The Morgan fingerprint density at radius 3 is 2.36 bits per heavy atom. The molecule has 1 aromatic carbocycles. The van der Waals surface area contributed by atoms with Gasteiger partial charge >= 0.3 is 5.97 Å². The first-order valence-electron chi connectivity index (χ1n) is 13.3. The van der Waals surface area contributed by atoms with Crippen molar-refractivity contribution in [1.82, 2.24) is 26.3 Å².